The number of hydrogen-bond donors (Lipinski definition) is 1. The normalized spacial score (nSPS) is 12.3. The van der Waals surface area contributed by atoms with Gasteiger partial charge >= 0.3 is 0 Å². The quantitative estimate of drug-likeness (QED) is 0.328. The van der Waals surface area contributed by atoms with Crippen LogP contribution in [0.15, 0.2) is 77.7 Å². The van der Waals surface area contributed by atoms with E-state index in [0.717, 1.165) is 22.2 Å². The number of rotatable bonds is 8. The molecule has 0 fully saturated rings. The van der Waals surface area contributed by atoms with Crippen LogP contribution < -0.4 is 10.1 Å². The standard InChI is InChI=1S/C29H34N4O4S/c1-20(2)32(38(35,36)25-16-11-21-9-7-8-10-22(21)17-25)19-28(34)30-27-18-26(29(3,4)5)31-33(27)23-12-14-24(37-6)15-13-23/h7-18,20H,19H2,1-6H3,(H,30,34). The Morgan fingerprint density at radius 1 is 1.00 bits per heavy atom. The summed E-state index contributed by atoms with van der Waals surface area (Å²) in [7, 11) is -2.34. The summed E-state index contributed by atoms with van der Waals surface area (Å²) in [6.45, 7) is 9.28. The number of nitrogens with zero attached hydrogens (tertiary/aromatic N) is 3. The minimum atomic E-state index is -3.93. The Labute approximate surface area is 224 Å². The number of methoxy groups -OCH3 is 1. The lowest BCUT2D eigenvalue weighted by molar-refractivity contribution is -0.116. The molecule has 1 amide bonds. The number of sulfonamides is 1. The van der Waals surface area contributed by atoms with Gasteiger partial charge in [0.1, 0.15) is 11.6 Å². The van der Waals surface area contributed by atoms with Gasteiger partial charge in [-0.1, -0.05) is 51.1 Å². The van der Waals surface area contributed by atoms with Gasteiger partial charge in [-0.2, -0.15) is 9.40 Å². The lowest BCUT2D eigenvalue weighted by Gasteiger charge is -2.25. The molecule has 1 heterocycles. The van der Waals surface area contributed by atoms with E-state index in [0.29, 0.717) is 11.6 Å². The average molecular weight is 535 g/mol. The van der Waals surface area contributed by atoms with E-state index in [4.69, 9.17) is 9.84 Å². The number of hydrogen-bond acceptors (Lipinski definition) is 5. The first-order valence-electron chi connectivity index (χ1n) is 12.5. The van der Waals surface area contributed by atoms with Crippen LogP contribution in [0.2, 0.25) is 0 Å². The zero-order valence-electron chi connectivity index (χ0n) is 22.6. The molecular formula is C29H34N4O4S. The van der Waals surface area contributed by atoms with E-state index in [9.17, 15) is 13.2 Å². The van der Waals surface area contributed by atoms with Crippen LogP contribution in [0.1, 0.15) is 40.3 Å². The van der Waals surface area contributed by atoms with Crippen molar-refractivity contribution in [1.82, 2.24) is 14.1 Å². The summed E-state index contributed by atoms with van der Waals surface area (Å²) in [6, 6.07) is 21.3. The number of ether oxygens (including phenoxy) is 1. The highest BCUT2D eigenvalue weighted by molar-refractivity contribution is 7.89. The van der Waals surface area contributed by atoms with Crippen LogP contribution in [0.3, 0.4) is 0 Å². The summed E-state index contributed by atoms with van der Waals surface area (Å²) >= 11 is 0. The van der Waals surface area contributed by atoms with Crippen LogP contribution in [0.25, 0.3) is 16.5 Å². The molecule has 0 saturated carbocycles. The fraction of sp³-hybridized carbons (Fsp3) is 0.310. The zero-order valence-corrected chi connectivity index (χ0v) is 23.4. The third-order valence-electron chi connectivity index (χ3n) is 6.27. The van der Waals surface area contributed by atoms with Crippen molar-refractivity contribution in [3.63, 3.8) is 0 Å². The van der Waals surface area contributed by atoms with E-state index in [-0.39, 0.29) is 16.9 Å². The van der Waals surface area contributed by atoms with Crippen LogP contribution in [-0.2, 0) is 20.2 Å². The lowest BCUT2D eigenvalue weighted by Crippen LogP contribution is -2.42. The Hall–Kier alpha value is -3.69. The molecule has 0 unspecified atom stereocenters. The van der Waals surface area contributed by atoms with E-state index >= 15 is 0 Å². The molecule has 0 atom stereocenters. The molecule has 1 aromatic heterocycles. The molecule has 4 aromatic rings. The number of carbonyl (C=O) groups is 1. The van der Waals surface area contributed by atoms with Crippen molar-refractivity contribution in [2.24, 2.45) is 0 Å². The molecule has 8 nitrogen and oxygen atoms in total. The highest BCUT2D eigenvalue weighted by atomic mass is 32.2. The van der Waals surface area contributed by atoms with E-state index < -0.39 is 22.0 Å². The molecule has 0 aliphatic heterocycles. The summed E-state index contributed by atoms with van der Waals surface area (Å²) in [5.74, 6) is 0.698. The largest absolute Gasteiger partial charge is 0.497 e. The summed E-state index contributed by atoms with van der Waals surface area (Å²) in [4.78, 5) is 13.4. The van der Waals surface area contributed by atoms with Crippen LogP contribution in [0.5, 0.6) is 5.75 Å². The molecule has 200 valence electrons. The van der Waals surface area contributed by atoms with Gasteiger partial charge in [-0.05, 0) is 61.0 Å². The average Bonchev–Trinajstić information content (AvgIpc) is 3.31. The predicted molar refractivity (Wildman–Crippen MR) is 150 cm³/mol. The molecule has 38 heavy (non-hydrogen) atoms. The predicted octanol–water partition coefficient (Wildman–Crippen LogP) is 5.37. The molecule has 4 rings (SSSR count). The third kappa shape index (κ3) is 5.74. The van der Waals surface area contributed by atoms with Crippen molar-refractivity contribution in [2.45, 2.75) is 51.0 Å². The van der Waals surface area contributed by atoms with Crippen LogP contribution >= 0.6 is 0 Å². The number of fused-ring (bicyclic) bond motifs is 1. The van der Waals surface area contributed by atoms with E-state index in [1.165, 1.54) is 4.31 Å². The van der Waals surface area contributed by atoms with Crippen LogP contribution in [0.4, 0.5) is 5.82 Å². The maximum atomic E-state index is 13.6. The maximum Gasteiger partial charge on any atom is 0.243 e. The Morgan fingerprint density at radius 2 is 1.66 bits per heavy atom. The summed E-state index contributed by atoms with van der Waals surface area (Å²) < 4.78 is 35.3. The van der Waals surface area contributed by atoms with Crippen molar-refractivity contribution < 1.29 is 17.9 Å². The Balaban J connectivity index is 1.63. The minimum Gasteiger partial charge on any atom is -0.497 e. The van der Waals surface area contributed by atoms with Gasteiger partial charge in [-0.15, -0.1) is 0 Å². The zero-order chi connectivity index (χ0) is 27.7. The summed E-state index contributed by atoms with van der Waals surface area (Å²) in [6.07, 6.45) is 0. The molecule has 9 heteroatoms. The Bertz CT molecular complexity index is 1550. The van der Waals surface area contributed by atoms with Crippen LogP contribution in [0, 0.1) is 0 Å². The number of aromatic nitrogens is 2. The van der Waals surface area contributed by atoms with E-state index in [1.807, 2.05) is 75.4 Å². The monoisotopic (exact) mass is 534 g/mol. The fourth-order valence-corrected chi connectivity index (χ4v) is 5.72. The summed E-state index contributed by atoms with van der Waals surface area (Å²) in [5.41, 5.74) is 1.26. The second kappa shape index (κ2) is 10.6. The van der Waals surface area contributed by atoms with Crippen molar-refractivity contribution in [2.75, 3.05) is 19.0 Å². The van der Waals surface area contributed by atoms with Crippen molar-refractivity contribution in [1.29, 1.82) is 0 Å². The van der Waals surface area contributed by atoms with Gasteiger partial charge in [-0.25, -0.2) is 13.1 Å². The SMILES string of the molecule is COc1ccc(-n2nc(C(C)(C)C)cc2NC(=O)CN(C(C)C)S(=O)(=O)c2ccc3ccccc3c2)cc1. The fourth-order valence-electron chi connectivity index (χ4n) is 4.09. The van der Waals surface area contributed by atoms with E-state index in [1.54, 1.807) is 43.8 Å². The molecule has 3 aromatic carbocycles. The molecule has 0 aliphatic carbocycles. The first kappa shape index (κ1) is 27.3. The van der Waals surface area contributed by atoms with Crippen molar-refractivity contribution in [3.05, 3.63) is 78.5 Å². The van der Waals surface area contributed by atoms with Gasteiger partial charge in [0, 0.05) is 17.5 Å². The Kier molecular flexibility index (Phi) is 7.62. The lowest BCUT2D eigenvalue weighted by atomic mass is 9.92. The number of benzene rings is 3. The van der Waals surface area contributed by atoms with Gasteiger partial charge < -0.3 is 10.1 Å². The van der Waals surface area contributed by atoms with Gasteiger partial charge in [0.05, 0.1) is 29.9 Å². The van der Waals surface area contributed by atoms with Crippen LogP contribution in [-0.4, -0.2) is 48.1 Å². The third-order valence-corrected chi connectivity index (χ3v) is 8.28. The van der Waals surface area contributed by atoms with Gasteiger partial charge in [-0.3, -0.25) is 4.79 Å². The molecule has 0 aliphatic rings. The topological polar surface area (TPSA) is 93.5 Å². The van der Waals surface area contributed by atoms with Gasteiger partial charge in [0.15, 0.2) is 0 Å². The minimum absolute atomic E-state index is 0.149. The first-order chi connectivity index (χ1) is 17.9. The molecule has 0 bridgehead atoms. The molecule has 0 radical (unpaired) electrons. The van der Waals surface area contributed by atoms with Gasteiger partial charge in [0.2, 0.25) is 15.9 Å². The second-order valence-corrected chi connectivity index (χ2v) is 12.4. The maximum absolute atomic E-state index is 13.6. The molecule has 1 N–H and O–H groups in total. The van der Waals surface area contributed by atoms with Crippen molar-refractivity contribution >= 4 is 32.5 Å². The highest BCUT2D eigenvalue weighted by Gasteiger charge is 2.30. The number of anilines is 1. The summed E-state index contributed by atoms with van der Waals surface area (Å²) in [5, 5.41) is 9.39. The van der Waals surface area contributed by atoms with Crippen molar-refractivity contribution in [3.8, 4) is 11.4 Å². The second-order valence-electron chi connectivity index (χ2n) is 10.5. The highest BCUT2D eigenvalue weighted by Crippen LogP contribution is 2.28. The number of amides is 1. The molecule has 0 spiro atoms. The first-order valence-corrected chi connectivity index (χ1v) is 13.9. The van der Waals surface area contributed by atoms with E-state index in [2.05, 4.69) is 5.32 Å². The smallest absolute Gasteiger partial charge is 0.243 e. The molecule has 0 saturated heterocycles. The molecular weight excluding hydrogens is 500 g/mol. The Morgan fingerprint density at radius 3 is 2.26 bits per heavy atom. The number of carbonyl (C=O) groups excluding carboxylic acids is 1. The number of nitrogens with one attached hydrogen (secondary N) is 1. The van der Waals surface area contributed by atoms with Gasteiger partial charge in [0.25, 0.3) is 0 Å².